The van der Waals surface area contributed by atoms with Crippen LogP contribution in [0.4, 0.5) is 0 Å². The summed E-state index contributed by atoms with van der Waals surface area (Å²) in [6, 6.07) is 18.0. The van der Waals surface area contributed by atoms with Gasteiger partial charge in [-0.25, -0.2) is 0 Å². The lowest BCUT2D eigenvalue weighted by Crippen LogP contribution is -2.05. The second kappa shape index (κ2) is 8.48. The SMILES string of the molecule is CCCCc1ccc(OCCC(O)c2ccccc2)cc1. The Morgan fingerprint density at radius 1 is 1.00 bits per heavy atom. The van der Waals surface area contributed by atoms with E-state index in [9.17, 15) is 5.11 Å². The molecule has 0 aliphatic carbocycles. The number of ether oxygens (including phenoxy) is 1. The minimum absolute atomic E-state index is 0.463. The predicted octanol–water partition coefficient (Wildman–Crippen LogP) is 4.53. The third kappa shape index (κ3) is 5.24. The first-order valence-corrected chi connectivity index (χ1v) is 7.74. The molecule has 2 heteroatoms. The van der Waals surface area contributed by atoms with Crippen molar-refractivity contribution < 1.29 is 9.84 Å². The van der Waals surface area contributed by atoms with Gasteiger partial charge in [-0.3, -0.25) is 0 Å². The molecule has 0 aromatic heterocycles. The van der Waals surface area contributed by atoms with Crippen LogP contribution in [0.25, 0.3) is 0 Å². The van der Waals surface area contributed by atoms with Gasteiger partial charge >= 0.3 is 0 Å². The van der Waals surface area contributed by atoms with Crippen LogP contribution in [0.15, 0.2) is 54.6 Å². The van der Waals surface area contributed by atoms with Crippen LogP contribution in [0.2, 0.25) is 0 Å². The Kier molecular flexibility index (Phi) is 6.29. The van der Waals surface area contributed by atoms with Gasteiger partial charge in [0.2, 0.25) is 0 Å². The van der Waals surface area contributed by atoms with E-state index in [1.165, 1.54) is 18.4 Å². The first-order valence-electron chi connectivity index (χ1n) is 7.74. The van der Waals surface area contributed by atoms with Gasteiger partial charge in [-0.15, -0.1) is 0 Å². The molecule has 0 saturated carbocycles. The minimum atomic E-state index is -0.463. The lowest BCUT2D eigenvalue weighted by Gasteiger charge is -2.12. The third-order valence-electron chi connectivity index (χ3n) is 3.59. The van der Waals surface area contributed by atoms with Gasteiger partial charge in [-0.2, -0.15) is 0 Å². The number of unbranched alkanes of at least 4 members (excludes halogenated alkanes) is 1. The average Bonchev–Trinajstić information content (AvgIpc) is 2.55. The van der Waals surface area contributed by atoms with Crippen LogP contribution in [-0.4, -0.2) is 11.7 Å². The van der Waals surface area contributed by atoms with Crippen molar-refractivity contribution in [1.29, 1.82) is 0 Å². The van der Waals surface area contributed by atoms with E-state index >= 15 is 0 Å². The van der Waals surface area contributed by atoms with Crippen molar-refractivity contribution in [1.82, 2.24) is 0 Å². The largest absolute Gasteiger partial charge is 0.493 e. The molecule has 2 aromatic carbocycles. The Bertz CT molecular complexity index is 505. The van der Waals surface area contributed by atoms with Crippen molar-refractivity contribution in [3.63, 3.8) is 0 Å². The second-order valence-corrected chi connectivity index (χ2v) is 5.31. The molecule has 2 rings (SSSR count). The number of benzene rings is 2. The first kappa shape index (κ1) is 15.6. The lowest BCUT2D eigenvalue weighted by molar-refractivity contribution is 0.141. The van der Waals surface area contributed by atoms with E-state index in [0.29, 0.717) is 13.0 Å². The molecule has 0 bridgehead atoms. The van der Waals surface area contributed by atoms with Crippen LogP contribution >= 0.6 is 0 Å². The van der Waals surface area contributed by atoms with E-state index in [-0.39, 0.29) is 0 Å². The molecule has 21 heavy (non-hydrogen) atoms. The van der Waals surface area contributed by atoms with Crippen LogP contribution < -0.4 is 4.74 Å². The smallest absolute Gasteiger partial charge is 0.119 e. The number of aliphatic hydroxyl groups excluding tert-OH is 1. The summed E-state index contributed by atoms with van der Waals surface area (Å²) in [6.07, 6.45) is 3.71. The molecule has 0 fully saturated rings. The maximum absolute atomic E-state index is 10.1. The van der Waals surface area contributed by atoms with Gasteiger partial charge in [0, 0.05) is 6.42 Å². The summed E-state index contributed by atoms with van der Waals surface area (Å²) in [5.74, 6) is 0.871. The van der Waals surface area contributed by atoms with Gasteiger partial charge in [-0.1, -0.05) is 55.8 Å². The highest BCUT2D eigenvalue weighted by molar-refractivity contribution is 5.27. The molecule has 2 aromatic rings. The average molecular weight is 284 g/mol. The zero-order chi connectivity index (χ0) is 14.9. The third-order valence-corrected chi connectivity index (χ3v) is 3.59. The van der Waals surface area contributed by atoms with E-state index in [2.05, 4.69) is 19.1 Å². The van der Waals surface area contributed by atoms with Gasteiger partial charge < -0.3 is 9.84 Å². The number of aliphatic hydroxyl groups is 1. The highest BCUT2D eigenvalue weighted by Gasteiger charge is 2.06. The highest BCUT2D eigenvalue weighted by Crippen LogP contribution is 2.18. The van der Waals surface area contributed by atoms with E-state index in [1.807, 2.05) is 42.5 Å². The fourth-order valence-electron chi connectivity index (χ4n) is 2.26. The minimum Gasteiger partial charge on any atom is -0.493 e. The van der Waals surface area contributed by atoms with Gasteiger partial charge in [0.15, 0.2) is 0 Å². The van der Waals surface area contributed by atoms with Crippen molar-refractivity contribution >= 4 is 0 Å². The molecule has 1 atom stereocenters. The summed E-state index contributed by atoms with van der Waals surface area (Å²) in [7, 11) is 0. The molecule has 0 spiro atoms. The summed E-state index contributed by atoms with van der Waals surface area (Å²) in [6.45, 7) is 2.72. The Hall–Kier alpha value is -1.80. The fourth-order valence-corrected chi connectivity index (χ4v) is 2.26. The zero-order valence-electron chi connectivity index (χ0n) is 12.7. The highest BCUT2D eigenvalue weighted by atomic mass is 16.5. The lowest BCUT2D eigenvalue weighted by atomic mass is 10.1. The maximum Gasteiger partial charge on any atom is 0.119 e. The molecule has 0 aliphatic rings. The van der Waals surface area contributed by atoms with Crippen molar-refractivity contribution in [3.8, 4) is 5.75 Å². The summed E-state index contributed by atoms with van der Waals surface area (Å²) in [5, 5.41) is 10.1. The van der Waals surface area contributed by atoms with Crippen molar-refractivity contribution in [3.05, 3.63) is 65.7 Å². The van der Waals surface area contributed by atoms with Gasteiger partial charge in [0.25, 0.3) is 0 Å². The molecule has 1 unspecified atom stereocenters. The second-order valence-electron chi connectivity index (χ2n) is 5.31. The van der Waals surface area contributed by atoms with Gasteiger partial charge in [0.1, 0.15) is 5.75 Å². The normalized spacial score (nSPS) is 12.1. The van der Waals surface area contributed by atoms with Crippen LogP contribution in [0.3, 0.4) is 0 Å². The summed E-state index contributed by atoms with van der Waals surface area (Å²) in [5.41, 5.74) is 2.30. The molecule has 112 valence electrons. The molecular formula is C19H24O2. The monoisotopic (exact) mass is 284 g/mol. The van der Waals surface area contributed by atoms with Crippen LogP contribution in [-0.2, 0) is 6.42 Å². The molecule has 1 N–H and O–H groups in total. The Balaban J connectivity index is 1.75. The summed E-state index contributed by atoms with van der Waals surface area (Å²) in [4.78, 5) is 0. The quantitative estimate of drug-likeness (QED) is 0.771. The van der Waals surface area contributed by atoms with Gasteiger partial charge in [-0.05, 0) is 36.1 Å². The molecule has 0 saturated heterocycles. The van der Waals surface area contributed by atoms with E-state index in [0.717, 1.165) is 17.7 Å². The molecule has 0 amide bonds. The molecule has 0 aliphatic heterocycles. The fraction of sp³-hybridized carbons (Fsp3) is 0.368. The Morgan fingerprint density at radius 2 is 1.71 bits per heavy atom. The number of hydrogen-bond donors (Lipinski definition) is 1. The first-order chi connectivity index (χ1) is 10.3. The van der Waals surface area contributed by atoms with Crippen LogP contribution in [0.5, 0.6) is 5.75 Å². The Labute approximate surface area is 127 Å². The van der Waals surface area contributed by atoms with Crippen molar-refractivity contribution in [2.24, 2.45) is 0 Å². The van der Waals surface area contributed by atoms with E-state index in [4.69, 9.17) is 4.74 Å². The van der Waals surface area contributed by atoms with E-state index in [1.54, 1.807) is 0 Å². The maximum atomic E-state index is 10.1. The van der Waals surface area contributed by atoms with Crippen molar-refractivity contribution in [2.45, 2.75) is 38.7 Å². The number of hydrogen-bond acceptors (Lipinski definition) is 2. The van der Waals surface area contributed by atoms with E-state index < -0.39 is 6.10 Å². The standard InChI is InChI=1S/C19H24O2/c1-2-3-7-16-10-12-18(13-11-16)21-15-14-19(20)17-8-5-4-6-9-17/h4-6,8-13,19-20H,2-3,7,14-15H2,1H3. The topological polar surface area (TPSA) is 29.5 Å². The summed E-state index contributed by atoms with van der Waals surface area (Å²) >= 11 is 0. The molecular weight excluding hydrogens is 260 g/mol. The number of rotatable bonds is 8. The molecule has 0 radical (unpaired) electrons. The molecule has 2 nitrogen and oxygen atoms in total. The van der Waals surface area contributed by atoms with Crippen LogP contribution in [0.1, 0.15) is 43.4 Å². The Morgan fingerprint density at radius 3 is 2.38 bits per heavy atom. The van der Waals surface area contributed by atoms with Crippen LogP contribution in [0, 0.1) is 0 Å². The number of aryl methyl sites for hydroxylation is 1. The predicted molar refractivity (Wildman–Crippen MR) is 86.6 cm³/mol. The zero-order valence-corrected chi connectivity index (χ0v) is 12.7. The molecule has 0 heterocycles. The van der Waals surface area contributed by atoms with Gasteiger partial charge in [0.05, 0.1) is 12.7 Å². The van der Waals surface area contributed by atoms with Crippen molar-refractivity contribution in [2.75, 3.05) is 6.61 Å². The summed E-state index contributed by atoms with van der Waals surface area (Å²) < 4.78 is 5.70.